The first-order chi connectivity index (χ1) is 7.79. The van der Waals surface area contributed by atoms with Crippen LogP contribution in [0.2, 0.25) is 0 Å². The van der Waals surface area contributed by atoms with E-state index in [9.17, 15) is 5.11 Å². The van der Waals surface area contributed by atoms with Gasteiger partial charge in [0.1, 0.15) is 0 Å². The summed E-state index contributed by atoms with van der Waals surface area (Å²) in [5.41, 5.74) is 0.190. The number of thioether (sulfide) groups is 1. The lowest BCUT2D eigenvalue weighted by atomic mass is 9.69. The molecular formula is C13H22O2S. The second-order valence-corrected chi connectivity index (χ2v) is 6.90. The van der Waals surface area contributed by atoms with Crippen molar-refractivity contribution in [3.05, 3.63) is 0 Å². The van der Waals surface area contributed by atoms with Crippen molar-refractivity contribution in [1.82, 2.24) is 0 Å². The minimum Gasteiger partial charge on any atom is -0.393 e. The summed E-state index contributed by atoms with van der Waals surface area (Å²) in [4.78, 5) is 0. The van der Waals surface area contributed by atoms with Gasteiger partial charge >= 0.3 is 0 Å². The highest BCUT2D eigenvalue weighted by atomic mass is 32.2. The van der Waals surface area contributed by atoms with Gasteiger partial charge in [0.2, 0.25) is 0 Å². The van der Waals surface area contributed by atoms with Crippen LogP contribution >= 0.6 is 11.8 Å². The Balaban J connectivity index is 1.60. The van der Waals surface area contributed by atoms with Gasteiger partial charge in [0.15, 0.2) is 0 Å². The van der Waals surface area contributed by atoms with Crippen LogP contribution in [0.3, 0.4) is 0 Å². The van der Waals surface area contributed by atoms with Crippen molar-refractivity contribution in [2.24, 2.45) is 11.8 Å². The molecular weight excluding hydrogens is 220 g/mol. The first kappa shape index (κ1) is 11.4. The van der Waals surface area contributed by atoms with Crippen molar-refractivity contribution < 1.29 is 9.84 Å². The van der Waals surface area contributed by atoms with Gasteiger partial charge in [0, 0.05) is 6.61 Å². The maximum absolute atomic E-state index is 10.5. The average Bonchev–Trinajstić information content (AvgIpc) is 2.79. The molecule has 0 radical (unpaired) electrons. The van der Waals surface area contributed by atoms with Gasteiger partial charge in [-0.25, -0.2) is 0 Å². The molecule has 1 aliphatic carbocycles. The van der Waals surface area contributed by atoms with Crippen molar-refractivity contribution in [2.75, 3.05) is 18.1 Å². The molecule has 1 spiro atoms. The molecule has 0 aromatic rings. The van der Waals surface area contributed by atoms with E-state index in [1.165, 1.54) is 37.2 Å². The van der Waals surface area contributed by atoms with Gasteiger partial charge in [-0.2, -0.15) is 11.8 Å². The highest BCUT2D eigenvalue weighted by molar-refractivity contribution is 7.99. The third-order valence-electron chi connectivity index (χ3n) is 4.73. The van der Waals surface area contributed by atoms with Crippen LogP contribution in [-0.2, 0) is 4.74 Å². The zero-order valence-corrected chi connectivity index (χ0v) is 10.7. The molecule has 3 heteroatoms. The Morgan fingerprint density at radius 1 is 1.25 bits per heavy atom. The third-order valence-corrected chi connectivity index (χ3v) is 5.91. The number of hydrogen-bond acceptors (Lipinski definition) is 3. The molecule has 0 aromatic heterocycles. The molecule has 0 amide bonds. The van der Waals surface area contributed by atoms with Crippen molar-refractivity contribution in [1.29, 1.82) is 0 Å². The third kappa shape index (κ3) is 2.02. The summed E-state index contributed by atoms with van der Waals surface area (Å²) >= 11 is 2.00. The number of ether oxygens (including phenoxy) is 1. The average molecular weight is 242 g/mol. The zero-order chi connectivity index (χ0) is 11.0. The lowest BCUT2D eigenvalue weighted by molar-refractivity contribution is -0.160. The minimum atomic E-state index is -0.0589. The molecule has 1 saturated carbocycles. The van der Waals surface area contributed by atoms with Crippen LogP contribution in [0.4, 0.5) is 0 Å². The normalized spacial score (nSPS) is 39.6. The molecule has 0 aromatic carbocycles. The summed E-state index contributed by atoms with van der Waals surface area (Å²) in [5, 5.41) is 10.5. The van der Waals surface area contributed by atoms with Crippen LogP contribution in [0.5, 0.6) is 0 Å². The number of hydrogen-bond donors (Lipinski definition) is 1. The van der Waals surface area contributed by atoms with E-state index < -0.39 is 0 Å². The van der Waals surface area contributed by atoms with Crippen LogP contribution in [0.1, 0.15) is 38.5 Å². The fourth-order valence-corrected chi connectivity index (χ4v) is 4.79. The molecule has 3 atom stereocenters. The Morgan fingerprint density at radius 3 is 2.75 bits per heavy atom. The van der Waals surface area contributed by atoms with Crippen molar-refractivity contribution >= 4 is 11.8 Å². The van der Waals surface area contributed by atoms with Gasteiger partial charge in [-0.3, -0.25) is 0 Å². The van der Waals surface area contributed by atoms with Crippen LogP contribution in [0.15, 0.2) is 0 Å². The smallest absolute Gasteiger partial charge is 0.0686 e. The van der Waals surface area contributed by atoms with Gasteiger partial charge in [0.25, 0.3) is 0 Å². The first-order valence-electron chi connectivity index (χ1n) is 6.69. The second-order valence-electron chi connectivity index (χ2n) is 5.75. The molecule has 2 aliphatic heterocycles. The van der Waals surface area contributed by atoms with E-state index in [1.807, 2.05) is 11.8 Å². The fourth-order valence-electron chi connectivity index (χ4n) is 3.48. The Bertz CT molecular complexity index is 246. The standard InChI is InChI=1S/C13H22O2S/c14-12(11-3-7-16-9-11)10-2-6-15-13(8-10)4-1-5-13/h10-12,14H,1-9H2. The lowest BCUT2D eigenvalue weighted by Crippen LogP contribution is -2.48. The van der Waals surface area contributed by atoms with Gasteiger partial charge in [0.05, 0.1) is 11.7 Å². The van der Waals surface area contributed by atoms with Crippen molar-refractivity contribution in [2.45, 2.75) is 50.2 Å². The van der Waals surface area contributed by atoms with E-state index in [0.29, 0.717) is 11.8 Å². The summed E-state index contributed by atoms with van der Waals surface area (Å²) in [6.07, 6.45) is 7.14. The molecule has 16 heavy (non-hydrogen) atoms. The van der Waals surface area contributed by atoms with Gasteiger partial charge in [-0.05, 0) is 61.9 Å². The predicted octanol–water partition coefficient (Wildman–Crippen LogP) is 2.45. The van der Waals surface area contributed by atoms with Gasteiger partial charge < -0.3 is 9.84 Å². The van der Waals surface area contributed by atoms with Crippen LogP contribution in [0.25, 0.3) is 0 Å². The van der Waals surface area contributed by atoms with E-state index in [4.69, 9.17) is 4.74 Å². The van der Waals surface area contributed by atoms with Gasteiger partial charge in [-0.15, -0.1) is 0 Å². The van der Waals surface area contributed by atoms with Crippen LogP contribution in [-0.4, -0.2) is 34.9 Å². The quantitative estimate of drug-likeness (QED) is 0.806. The van der Waals surface area contributed by atoms with Crippen LogP contribution in [0, 0.1) is 11.8 Å². The fraction of sp³-hybridized carbons (Fsp3) is 1.00. The molecule has 2 saturated heterocycles. The highest BCUT2D eigenvalue weighted by Gasteiger charge is 2.45. The van der Waals surface area contributed by atoms with E-state index in [1.54, 1.807) is 0 Å². The van der Waals surface area contributed by atoms with Crippen molar-refractivity contribution in [3.8, 4) is 0 Å². The summed E-state index contributed by atoms with van der Waals surface area (Å²) in [7, 11) is 0. The predicted molar refractivity (Wildman–Crippen MR) is 66.7 cm³/mol. The SMILES string of the molecule is OC(C1CCSC1)C1CCOC2(CCC2)C1. The summed E-state index contributed by atoms with van der Waals surface area (Å²) in [6, 6.07) is 0. The first-order valence-corrected chi connectivity index (χ1v) is 7.84. The molecule has 3 rings (SSSR count). The number of aliphatic hydroxyl groups is 1. The maximum Gasteiger partial charge on any atom is 0.0686 e. The Morgan fingerprint density at radius 2 is 2.12 bits per heavy atom. The Labute approximate surface area is 102 Å². The van der Waals surface area contributed by atoms with Crippen LogP contribution < -0.4 is 0 Å². The molecule has 1 N–H and O–H groups in total. The Hall–Kier alpha value is 0.270. The van der Waals surface area contributed by atoms with Gasteiger partial charge in [-0.1, -0.05) is 0 Å². The number of rotatable bonds is 2. The molecule has 3 unspecified atom stereocenters. The Kier molecular flexibility index (Phi) is 3.20. The van der Waals surface area contributed by atoms with E-state index in [-0.39, 0.29) is 11.7 Å². The summed E-state index contributed by atoms with van der Waals surface area (Å²) < 4.78 is 5.93. The van der Waals surface area contributed by atoms with Crippen molar-refractivity contribution in [3.63, 3.8) is 0 Å². The molecule has 2 heterocycles. The lowest BCUT2D eigenvalue weighted by Gasteiger charge is -2.48. The molecule has 3 aliphatic rings. The molecule has 3 fully saturated rings. The minimum absolute atomic E-state index is 0.0589. The second kappa shape index (κ2) is 4.51. The zero-order valence-electron chi connectivity index (χ0n) is 9.86. The molecule has 0 bridgehead atoms. The molecule has 2 nitrogen and oxygen atoms in total. The summed E-state index contributed by atoms with van der Waals surface area (Å²) in [6.45, 7) is 0.877. The molecule has 92 valence electrons. The largest absolute Gasteiger partial charge is 0.393 e. The van der Waals surface area contributed by atoms with E-state index in [0.717, 1.165) is 19.4 Å². The topological polar surface area (TPSA) is 29.5 Å². The van der Waals surface area contributed by atoms with E-state index in [2.05, 4.69) is 0 Å². The highest BCUT2D eigenvalue weighted by Crippen LogP contribution is 2.46. The number of aliphatic hydroxyl groups excluding tert-OH is 1. The maximum atomic E-state index is 10.5. The monoisotopic (exact) mass is 242 g/mol. The van der Waals surface area contributed by atoms with E-state index >= 15 is 0 Å². The summed E-state index contributed by atoms with van der Waals surface area (Å²) in [5.74, 6) is 3.49.